The van der Waals surface area contributed by atoms with Crippen molar-refractivity contribution in [2.45, 2.75) is 13.3 Å². The minimum atomic E-state index is 0.00801. The maximum absolute atomic E-state index is 12.5. The summed E-state index contributed by atoms with van der Waals surface area (Å²) >= 11 is 0. The van der Waals surface area contributed by atoms with Gasteiger partial charge in [-0.05, 0) is 30.2 Å². The molecule has 0 atom stereocenters. The Hall–Kier alpha value is -2.16. The number of aryl methyl sites for hydroxylation is 1. The van der Waals surface area contributed by atoms with Crippen LogP contribution in [-0.2, 0) is 6.42 Å². The minimum Gasteiger partial charge on any atom is -0.492 e. The highest BCUT2D eigenvalue weighted by Gasteiger charge is 2.22. The fourth-order valence-electron chi connectivity index (χ4n) is 2.27. The fraction of sp³-hybridized carbons (Fsp3) is 0.200. The number of para-hydroxylation sites is 1. The van der Waals surface area contributed by atoms with E-state index in [2.05, 4.69) is 4.98 Å². The van der Waals surface area contributed by atoms with Crippen LogP contribution in [0.15, 0.2) is 36.7 Å². The molecule has 3 nitrogen and oxygen atoms in total. The van der Waals surface area contributed by atoms with Crippen molar-refractivity contribution < 1.29 is 9.53 Å². The van der Waals surface area contributed by atoms with Crippen molar-refractivity contribution in [2.75, 3.05) is 6.61 Å². The molecule has 0 bridgehead atoms. The molecular weight excluding hydrogens is 226 g/mol. The van der Waals surface area contributed by atoms with Gasteiger partial charge in [-0.2, -0.15) is 0 Å². The van der Waals surface area contributed by atoms with Crippen LogP contribution in [0.4, 0.5) is 0 Å². The van der Waals surface area contributed by atoms with Gasteiger partial charge in [0.15, 0.2) is 5.78 Å². The van der Waals surface area contributed by atoms with E-state index in [9.17, 15) is 4.79 Å². The van der Waals surface area contributed by atoms with Crippen molar-refractivity contribution in [3.05, 3.63) is 58.9 Å². The summed E-state index contributed by atoms with van der Waals surface area (Å²) in [5.41, 5.74) is 3.35. The number of hydrogen-bond donors (Lipinski definition) is 0. The molecule has 0 aliphatic carbocycles. The van der Waals surface area contributed by atoms with Crippen LogP contribution in [0.2, 0.25) is 0 Å². The number of nitrogens with zero attached hydrogens (tertiary/aromatic N) is 1. The summed E-state index contributed by atoms with van der Waals surface area (Å²) in [5.74, 6) is 0.757. The second-order valence-electron chi connectivity index (χ2n) is 4.41. The molecule has 0 radical (unpaired) electrons. The van der Waals surface area contributed by atoms with Gasteiger partial charge in [0.2, 0.25) is 0 Å². The van der Waals surface area contributed by atoms with Gasteiger partial charge < -0.3 is 4.74 Å². The molecule has 0 unspecified atom stereocenters. The zero-order valence-corrected chi connectivity index (χ0v) is 10.1. The zero-order chi connectivity index (χ0) is 12.5. The SMILES string of the molecule is Cc1cnccc1C(=O)c1cccc2c1OCC2. The largest absolute Gasteiger partial charge is 0.492 e. The van der Waals surface area contributed by atoms with Gasteiger partial charge in [-0.1, -0.05) is 12.1 Å². The van der Waals surface area contributed by atoms with Crippen LogP contribution in [0, 0.1) is 6.92 Å². The average molecular weight is 239 g/mol. The molecule has 0 fully saturated rings. The second-order valence-corrected chi connectivity index (χ2v) is 4.41. The number of hydrogen-bond acceptors (Lipinski definition) is 3. The van der Waals surface area contributed by atoms with E-state index < -0.39 is 0 Å². The van der Waals surface area contributed by atoms with Gasteiger partial charge in [0, 0.05) is 24.4 Å². The monoisotopic (exact) mass is 239 g/mol. The molecule has 0 N–H and O–H groups in total. The highest BCUT2D eigenvalue weighted by Crippen LogP contribution is 2.31. The summed E-state index contributed by atoms with van der Waals surface area (Å²) in [6.07, 6.45) is 4.23. The molecule has 1 aliphatic rings. The maximum atomic E-state index is 12.5. The molecule has 2 aromatic rings. The fourth-order valence-corrected chi connectivity index (χ4v) is 2.27. The molecule has 3 heteroatoms. The molecule has 1 aromatic carbocycles. The summed E-state index contributed by atoms with van der Waals surface area (Å²) in [6.45, 7) is 2.55. The maximum Gasteiger partial charge on any atom is 0.197 e. The van der Waals surface area contributed by atoms with Gasteiger partial charge in [0.25, 0.3) is 0 Å². The standard InChI is InChI=1S/C15H13NO2/c1-10-9-16-7-5-12(10)14(17)13-4-2-3-11-6-8-18-15(11)13/h2-5,7,9H,6,8H2,1H3. The van der Waals surface area contributed by atoms with Crippen LogP contribution in [0.5, 0.6) is 5.75 Å². The van der Waals surface area contributed by atoms with E-state index in [0.717, 1.165) is 23.3 Å². The lowest BCUT2D eigenvalue weighted by Crippen LogP contribution is -2.05. The molecular formula is C15H13NO2. The molecule has 0 saturated heterocycles. The lowest BCUT2D eigenvalue weighted by atomic mass is 9.98. The van der Waals surface area contributed by atoms with Crippen LogP contribution in [0.1, 0.15) is 27.0 Å². The molecule has 2 heterocycles. The number of aromatic nitrogens is 1. The molecule has 3 rings (SSSR count). The molecule has 18 heavy (non-hydrogen) atoms. The van der Waals surface area contributed by atoms with Crippen LogP contribution in [-0.4, -0.2) is 17.4 Å². The van der Waals surface area contributed by atoms with Gasteiger partial charge in [-0.15, -0.1) is 0 Å². The Kier molecular flexibility index (Phi) is 2.59. The van der Waals surface area contributed by atoms with Crippen LogP contribution in [0.3, 0.4) is 0 Å². The van der Waals surface area contributed by atoms with E-state index in [0.29, 0.717) is 17.7 Å². The van der Waals surface area contributed by atoms with E-state index in [4.69, 9.17) is 4.74 Å². The summed E-state index contributed by atoms with van der Waals surface area (Å²) in [4.78, 5) is 16.5. The van der Waals surface area contributed by atoms with Gasteiger partial charge in [-0.25, -0.2) is 0 Å². The third-order valence-corrected chi connectivity index (χ3v) is 3.22. The predicted octanol–water partition coefficient (Wildman–Crippen LogP) is 2.56. The zero-order valence-electron chi connectivity index (χ0n) is 10.1. The first-order chi connectivity index (χ1) is 8.77. The van der Waals surface area contributed by atoms with Crippen LogP contribution < -0.4 is 4.74 Å². The molecule has 0 amide bonds. The first-order valence-electron chi connectivity index (χ1n) is 5.97. The second kappa shape index (κ2) is 4.26. The molecule has 1 aliphatic heterocycles. The van der Waals surface area contributed by atoms with E-state index in [1.54, 1.807) is 18.5 Å². The van der Waals surface area contributed by atoms with Crippen molar-refractivity contribution in [1.29, 1.82) is 0 Å². The van der Waals surface area contributed by atoms with Gasteiger partial charge >= 0.3 is 0 Å². The summed E-state index contributed by atoms with van der Waals surface area (Å²) in [5, 5.41) is 0. The van der Waals surface area contributed by atoms with Crippen molar-refractivity contribution in [1.82, 2.24) is 4.98 Å². The number of ether oxygens (including phenoxy) is 1. The van der Waals surface area contributed by atoms with E-state index >= 15 is 0 Å². The van der Waals surface area contributed by atoms with Crippen molar-refractivity contribution in [3.63, 3.8) is 0 Å². The molecule has 1 aromatic heterocycles. The smallest absolute Gasteiger partial charge is 0.197 e. The number of carbonyl (C=O) groups is 1. The van der Waals surface area contributed by atoms with E-state index in [-0.39, 0.29) is 5.78 Å². The summed E-state index contributed by atoms with van der Waals surface area (Å²) < 4.78 is 5.58. The van der Waals surface area contributed by atoms with Gasteiger partial charge in [0.05, 0.1) is 12.2 Å². The first-order valence-corrected chi connectivity index (χ1v) is 5.97. The highest BCUT2D eigenvalue weighted by atomic mass is 16.5. The third kappa shape index (κ3) is 1.68. The number of rotatable bonds is 2. The van der Waals surface area contributed by atoms with Crippen LogP contribution in [0.25, 0.3) is 0 Å². The van der Waals surface area contributed by atoms with Crippen LogP contribution >= 0.6 is 0 Å². The molecule has 0 saturated carbocycles. The van der Waals surface area contributed by atoms with Crippen molar-refractivity contribution in [3.8, 4) is 5.75 Å². The predicted molar refractivity (Wildman–Crippen MR) is 68.0 cm³/mol. The Balaban J connectivity index is 2.09. The normalized spacial score (nSPS) is 12.9. The quantitative estimate of drug-likeness (QED) is 0.756. The number of fused-ring (bicyclic) bond motifs is 1. The van der Waals surface area contributed by atoms with Gasteiger partial charge in [0.1, 0.15) is 5.75 Å². The summed E-state index contributed by atoms with van der Waals surface area (Å²) in [6, 6.07) is 7.51. The van der Waals surface area contributed by atoms with Gasteiger partial charge in [-0.3, -0.25) is 9.78 Å². The number of carbonyl (C=O) groups excluding carboxylic acids is 1. The lowest BCUT2D eigenvalue weighted by Gasteiger charge is -2.08. The minimum absolute atomic E-state index is 0.00801. The highest BCUT2D eigenvalue weighted by molar-refractivity contribution is 6.11. The van der Waals surface area contributed by atoms with E-state index in [1.807, 2.05) is 25.1 Å². The average Bonchev–Trinajstić information content (AvgIpc) is 2.86. The Morgan fingerprint density at radius 2 is 2.17 bits per heavy atom. The number of pyridine rings is 1. The lowest BCUT2D eigenvalue weighted by molar-refractivity contribution is 0.103. The summed E-state index contributed by atoms with van der Waals surface area (Å²) in [7, 11) is 0. The number of ketones is 1. The Morgan fingerprint density at radius 3 is 3.00 bits per heavy atom. The van der Waals surface area contributed by atoms with E-state index in [1.165, 1.54) is 0 Å². The first kappa shape index (κ1) is 11.0. The van der Waals surface area contributed by atoms with Crippen molar-refractivity contribution >= 4 is 5.78 Å². The molecule has 90 valence electrons. The Bertz CT molecular complexity index is 620. The Labute approximate surface area is 105 Å². The van der Waals surface area contributed by atoms with Crippen molar-refractivity contribution in [2.24, 2.45) is 0 Å². The Morgan fingerprint density at radius 1 is 1.28 bits per heavy atom. The molecule has 0 spiro atoms. The number of benzene rings is 1. The topological polar surface area (TPSA) is 39.2 Å². The third-order valence-electron chi connectivity index (χ3n) is 3.22.